The van der Waals surface area contributed by atoms with Gasteiger partial charge in [-0.25, -0.2) is 9.97 Å². The van der Waals surface area contributed by atoms with Crippen LogP contribution < -0.4 is 0 Å². The van der Waals surface area contributed by atoms with Crippen LogP contribution >= 0.6 is 11.3 Å². The predicted octanol–water partition coefficient (Wildman–Crippen LogP) is 10.2. The molecule has 8 rings (SSSR count). The van der Waals surface area contributed by atoms with E-state index in [1.807, 2.05) is 6.07 Å². The monoisotopic (exact) mass is 546 g/mol. The second-order valence-electron chi connectivity index (χ2n) is 10.5. The van der Waals surface area contributed by atoms with E-state index >= 15 is 0 Å². The fourth-order valence-electron chi connectivity index (χ4n) is 6.04. The van der Waals surface area contributed by atoms with E-state index in [1.54, 1.807) is 11.3 Å². The Morgan fingerprint density at radius 3 is 2.27 bits per heavy atom. The Bertz CT molecular complexity index is 2230. The average molecular weight is 547 g/mol. The van der Waals surface area contributed by atoms with Crippen molar-refractivity contribution in [3.05, 3.63) is 132 Å². The van der Waals surface area contributed by atoms with Crippen LogP contribution in [0.2, 0.25) is 0 Å². The minimum Gasteiger partial charge on any atom is -0.456 e. The quantitative estimate of drug-likeness (QED) is 0.216. The van der Waals surface area contributed by atoms with E-state index in [2.05, 4.69) is 116 Å². The van der Waals surface area contributed by atoms with E-state index < -0.39 is 0 Å². The Hall–Kier alpha value is -4.80. The van der Waals surface area contributed by atoms with Gasteiger partial charge in [-0.05, 0) is 48.2 Å². The molecule has 0 spiro atoms. The van der Waals surface area contributed by atoms with Crippen LogP contribution in [-0.2, 0) is 12.8 Å². The smallest absolute Gasteiger partial charge is 0.139 e. The van der Waals surface area contributed by atoms with Gasteiger partial charge in [-0.1, -0.05) is 97.1 Å². The summed E-state index contributed by atoms with van der Waals surface area (Å²) in [5.74, 6) is 0.853. The Morgan fingerprint density at radius 2 is 1.39 bits per heavy atom. The molecule has 0 atom stereocenters. The molecule has 0 radical (unpaired) electrons. The van der Waals surface area contributed by atoms with Crippen molar-refractivity contribution in [2.45, 2.75) is 19.8 Å². The third-order valence-corrected chi connectivity index (χ3v) is 9.08. The Morgan fingerprint density at radius 1 is 0.634 bits per heavy atom. The van der Waals surface area contributed by atoms with Crippen molar-refractivity contribution in [1.82, 2.24) is 9.97 Å². The van der Waals surface area contributed by atoms with Crippen molar-refractivity contribution in [2.75, 3.05) is 0 Å². The maximum Gasteiger partial charge on any atom is 0.139 e. The zero-order valence-electron chi connectivity index (χ0n) is 22.6. The molecule has 8 aromatic rings. The summed E-state index contributed by atoms with van der Waals surface area (Å²) in [5.41, 5.74) is 8.89. The van der Waals surface area contributed by atoms with Crippen LogP contribution in [0.15, 0.2) is 120 Å². The molecule has 5 aromatic carbocycles. The van der Waals surface area contributed by atoms with Crippen LogP contribution in [0.4, 0.5) is 0 Å². The van der Waals surface area contributed by atoms with Crippen molar-refractivity contribution < 1.29 is 4.42 Å². The largest absolute Gasteiger partial charge is 0.456 e. The second kappa shape index (κ2) is 9.69. The van der Waals surface area contributed by atoms with Crippen LogP contribution in [0.25, 0.3) is 64.6 Å². The van der Waals surface area contributed by atoms with Gasteiger partial charge in [-0.2, -0.15) is 0 Å². The standard InChI is InChI=1S/C37H26N2OS/c1-23-11-5-6-14-25(23)26-19-20-29-27-15-7-9-17-31(27)40-36(29)28(26)21-22-33-38-35(24-12-3-2-4-13-24)34-30-16-8-10-18-32(30)41-37(34)39-33/h2-20H,21-22H2,1H3. The summed E-state index contributed by atoms with van der Waals surface area (Å²) in [7, 11) is 0. The Kier molecular flexibility index (Phi) is 5.68. The van der Waals surface area contributed by atoms with Gasteiger partial charge in [-0.3, -0.25) is 0 Å². The van der Waals surface area contributed by atoms with Gasteiger partial charge in [0.1, 0.15) is 21.8 Å². The molecule has 0 N–H and O–H groups in total. The van der Waals surface area contributed by atoms with Gasteiger partial charge in [0.2, 0.25) is 0 Å². The predicted molar refractivity (Wildman–Crippen MR) is 172 cm³/mol. The van der Waals surface area contributed by atoms with Gasteiger partial charge in [0, 0.05) is 43.8 Å². The zero-order chi connectivity index (χ0) is 27.3. The minimum absolute atomic E-state index is 0.707. The molecule has 0 aliphatic rings. The number of hydrogen-bond acceptors (Lipinski definition) is 4. The lowest BCUT2D eigenvalue weighted by atomic mass is 9.92. The van der Waals surface area contributed by atoms with E-state index in [0.717, 1.165) is 55.7 Å². The van der Waals surface area contributed by atoms with E-state index in [9.17, 15) is 0 Å². The molecule has 0 saturated carbocycles. The molecule has 4 heteroatoms. The molecular formula is C37H26N2OS. The van der Waals surface area contributed by atoms with Crippen LogP contribution in [0.3, 0.4) is 0 Å². The number of rotatable bonds is 5. The molecule has 0 aliphatic carbocycles. The van der Waals surface area contributed by atoms with E-state index in [1.165, 1.54) is 32.3 Å². The number of hydrogen-bond donors (Lipinski definition) is 0. The first-order valence-electron chi connectivity index (χ1n) is 14.0. The summed E-state index contributed by atoms with van der Waals surface area (Å²) >= 11 is 1.74. The van der Waals surface area contributed by atoms with Gasteiger partial charge < -0.3 is 4.42 Å². The van der Waals surface area contributed by atoms with Crippen molar-refractivity contribution in [1.29, 1.82) is 0 Å². The topological polar surface area (TPSA) is 38.9 Å². The fourth-order valence-corrected chi connectivity index (χ4v) is 7.14. The maximum absolute atomic E-state index is 6.54. The third-order valence-electron chi connectivity index (χ3n) is 8.02. The summed E-state index contributed by atoms with van der Waals surface area (Å²) < 4.78 is 7.77. The summed E-state index contributed by atoms with van der Waals surface area (Å²) in [4.78, 5) is 11.4. The lowest BCUT2D eigenvalue weighted by molar-refractivity contribution is 0.661. The zero-order valence-corrected chi connectivity index (χ0v) is 23.4. The van der Waals surface area contributed by atoms with Gasteiger partial charge in [0.25, 0.3) is 0 Å². The van der Waals surface area contributed by atoms with Crippen LogP contribution in [-0.4, -0.2) is 9.97 Å². The van der Waals surface area contributed by atoms with Crippen molar-refractivity contribution >= 4 is 53.6 Å². The summed E-state index contributed by atoms with van der Waals surface area (Å²) in [6.45, 7) is 2.17. The van der Waals surface area contributed by atoms with E-state index in [4.69, 9.17) is 14.4 Å². The van der Waals surface area contributed by atoms with Crippen molar-refractivity contribution in [3.8, 4) is 22.4 Å². The molecule has 3 heterocycles. The number of aromatic nitrogens is 2. The number of furan rings is 1. The van der Waals surface area contributed by atoms with E-state index in [-0.39, 0.29) is 0 Å². The number of nitrogens with zero attached hydrogens (tertiary/aromatic N) is 2. The minimum atomic E-state index is 0.707. The second-order valence-corrected chi connectivity index (χ2v) is 11.5. The highest BCUT2D eigenvalue weighted by atomic mass is 32.1. The average Bonchev–Trinajstić information content (AvgIpc) is 3.59. The number of thiophene rings is 1. The van der Waals surface area contributed by atoms with Gasteiger partial charge >= 0.3 is 0 Å². The maximum atomic E-state index is 6.54. The first-order valence-corrected chi connectivity index (χ1v) is 14.8. The normalized spacial score (nSPS) is 11.7. The molecule has 3 aromatic heterocycles. The third kappa shape index (κ3) is 4.02. The van der Waals surface area contributed by atoms with Gasteiger partial charge in [0.15, 0.2) is 0 Å². The first kappa shape index (κ1) is 24.0. The number of para-hydroxylation sites is 1. The molecule has 0 amide bonds. The molecule has 0 aliphatic heterocycles. The molecule has 41 heavy (non-hydrogen) atoms. The Balaban J connectivity index is 1.30. The van der Waals surface area contributed by atoms with Crippen LogP contribution in [0.5, 0.6) is 0 Å². The van der Waals surface area contributed by atoms with Crippen molar-refractivity contribution in [2.24, 2.45) is 0 Å². The number of benzene rings is 5. The lowest BCUT2D eigenvalue weighted by Gasteiger charge is -2.13. The van der Waals surface area contributed by atoms with Crippen molar-refractivity contribution in [3.63, 3.8) is 0 Å². The molecule has 0 bridgehead atoms. The molecule has 3 nitrogen and oxygen atoms in total. The molecule has 0 unspecified atom stereocenters. The fraction of sp³-hybridized carbons (Fsp3) is 0.0811. The summed E-state index contributed by atoms with van der Waals surface area (Å²) in [5, 5.41) is 4.65. The number of aryl methyl sites for hydroxylation is 3. The highest BCUT2D eigenvalue weighted by Crippen LogP contribution is 2.40. The van der Waals surface area contributed by atoms with Gasteiger partial charge in [-0.15, -0.1) is 11.3 Å². The lowest BCUT2D eigenvalue weighted by Crippen LogP contribution is -2.02. The molecule has 196 valence electrons. The Labute approximate surface area is 241 Å². The van der Waals surface area contributed by atoms with Crippen LogP contribution in [0, 0.1) is 6.92 Å². The summed E-state index contributed by atoms with van der Waals surface area (Å²) in [6.07, 6.45) is 1.48. The highest BCUT2D eigenvalue weighted by Gasteiger charge is 2.19. The SMILES string of the molecule is Cc1ccccc1-c1ccc2c(oc3ccccc32)c1CCc1nc(-c2ccccc2)c2c(n1)sc1ccccc12. The first-order chi connectivity index (χ1) is 20.2. The van der Waals surface area contributed by atoms with Gasteiger partial charge in [0.05, 0.1) is 5.69 Å². The molecule has 0 saturated heterocycles. The highest BCUT2D eigenvalue weighted by molar-refractivity contribution is 7.25. The summed E-state index contributed by atoms with van der Waals surface area (Å²) in [6, 6.07) is 40.4. The van der Waals surface area contributed by atoms with E-state index in [0.29, 0.717) is 6.42 Å². The molecular weight excluding hydrogens is 520 g/mol. The van der Waals surface area contributed by atoms with Crippen LogP contribution in [0.1, 0.15) is 17.0 Å². The number of fused-ring (bicyclic) bond motifs is 6. The molecule has 0 fully saturated rings.